The molecule has 2 atom stereocenters. The van der Waals surface area contributed by atoms with Crippen LogP contribution in [0.1, 0.15) is 84.0 Å². The highest BCUT2D eigenvalue weighted by Crippen LogP contribution is 2.21. The molecule has 162 valence electrons. The van der Waals surface area contributed by atoms with Crippen LogP contribution < -0.4 is 16.2 Å². The van der Waals surface area contributed by atoms with Crippen molar-refractivity contribution < 1.29 is 19.6 Å². The van der Waals surface area contributed by atoms with Crippen LogP contribution >= 0.6 is 0 Å². The highest BCUT2D eigenvalue weighted by molar-refractivity contribution is 5.90. The minimum Gasteiger partial charge on any atom is -0.357 e. The Hall–Kier alpha value is -1.67. The molecule has 3 amide bonds. The maximum atomic E-state index is 13.0. The van der Waals surface area contributed by atoms with Crippen molar-refractivity contribution in [2.45, 2.75) is 90.0 Å². The molecule has 1 rings (SSSR count). The number of unbranched alkanes of at least 4 members (excludes halogenated alkanes) is 7. The Morgan fingerprint density at radius 1 is 1.11 bits per heavy atom. The summed E-state index contributed by atoms with van der Waals surface area (Å²) < 4.78 is 0. The van der Waals surface area contributed by atoms with Crippen LogP contribution in [-0.4, -0.2) is 47.6 Å². The van der Waals surface area contributed by atoms with Gasteiger partial charge in [0.1, 0.15) is 6.04 Å². The smallest absolute Gasteiger partial charge is 0.244 e. The second-order valence-corrected chi connectivity index (χ2v) is 7.59. The third-order valence-electron chi connectivity index (χ3n) is 5.35. The molecule has 4 N–H and O–H groups in total. The van der Waals surface area contributed by atoms with Gasteiger partial charge in [-0.05, 0) is 19.3 Å². The van der Waals surface area contributed by atoms with Gasteiger partial charge in [-0.25, -0.2) is 10.9 Å². The number of likely N-dealkylation sites (N-methyl/N-ethyl adjacent to an activating group) is 1. The zero-order valence-electron chi connectivity index (χ0n) is 17.5. The lowest BCUT2D eigenvalue weighted by molar-refractivity contribution is -0.151. The summed E-state index contributed by atoms with van der Waals surface area (Å²) in [6.45, 7) is 2.82. The first-order valence-corrected chi connectivity index (χ1v) is 10.8. The average molecular weight is 399 g/mol. The van der Waals surface area contributed by atoms with Crippen LogP contribution in [0.5, 0.6) is 0 Å². The van der Waals surface area contributed by atoms with Crippen LogP contribution in [0.2, 0.25) is 0 Å². The first-order valence-electron chi connectivity index (χ1n) is 10.8. The molecule has 1 aliphatic rings. The number of nitrogens with zero attached hydrogens (tertiary/aromatic N) is 1. The monoisotopic (exact) mass is 398 g/mol. The molecule has 1 aliphatic heterocycles. The number of rotatable bonds is 13. The lowest BCUT2D eigenvalue weighted by Gasteiger charge is -2.37. The van der Waals surface area contributed by atoms with Gasteiger partial charge in [0.05, 0.1) is 0 Å². The Bertz CT molecular complexity index is 487. The Balaban J connectivity index is 2.57. The number of nitrogens with one attached hydrogen (secondary N) is 3. The fraction of sp³-hybridized carbons (Fsp3) is 0.850. The number of hydrogen-bond acceptors (Lipinski definition) is 5. The van der Waals surface area contributed by atoms with Crippen LogP contribution in [-0.2, 0) is 14.4 Å². The van der Waals surface area contributed by atoms with Gasteiger partial charge in [0.2, 0.25) is 17.7 Å². The van der Waals surface area contributed by atoms with Crippen molar-refractivity contribution in [1.82, 2.24) is 21.2 Å². The number of carbonyl (C=O) groups excluding carboxylic acids is 3. The fourth-order valence-electron chi connectivity index (χ4n) is 3.68. The van der Waals surface area contributed by atoms with Gasteiger partial charge in [0.15, 0.2) is 0 Å². The Kier molecular flexibility index (Phi) is 12.5. The third kappa shape index (κ3) is 8.56. The Morgan fingerprint density at radius 2 is 1.75 bits per heavy atom. The van der Waals surface area contributed by atoms with Gasteiger partial charge >= 0.3 is 0 Å². The normalized spacial score (nSPS) is 17.8. The third-order valence-corrected chi connectivity index (χ3v) is 5.35. The van der Waals surface area contributed by atoms with Gasteiger partial charge in [-0.1, -0.05) is 58.3 Å². The summed E-state index contributed by atoms with van der Waals surface area (Å²) in [5.41, 5.74) is 4.63. The van der Waals surface area contributed by atoms with Gasteiger partial charge in [0, 0.05) is 25.9 Å². The van der Waals surface area contributed by atoms with E-state index in [1.807, 2.05) is 0 Å². The predicted molar refractivity (Wildman–Crippen MR) is 107 cm³/mol. The molecule has 0 saturated carbocycles. The maximum Gasteiger partial charge on any atom is 0.244 e. The van der Waals surface area contributed by atoms with E-state index < -0.39 is 17.9 Å². The minimum atomic E-state index is -0.577. The molecule has 0 aromatic heterocycles. The van der Waals surface area contributed by atoms with Crippen LogP contribution in [0.25, 0.3) is 0 Å². The molecule has 0 bridgehead atoms. The summed E-state index contributed by atoms with van der Waals surface area (Å²) in [6, 6.07) is -0.565. The molecule has 1 fully saturated rings. The van der Waals surface area contributed by atoms with E-state index in [4.69, 9.17) is 5.21 Å². The topological polar surface area (TPSA) is 111 Å². The van der Waals surface area contributed by atoms with E-state index in [1.165, 1.54) is 37.1 Å². The number of carbonyl (C=O) groups is 3. The molecule has 8 heteroatoms. The van der Waals surface area contributed by atoms with E-state index in [0.29, 0.717) is 19.4 Å². The molecule has 1 saturated heterocycles. The van der Waals surface area contributed by atoms with E-state index in [1.54, 1.807) is 12.5 Å². The van der Waals surface area contributed by atoms with Crippen molar-refractivity contribution in [3.63, 3.8) is 0 Å². The standard InChI is InChI=1S/C20H38N4O4/c1-3-4-5-6-7-8-9-10-12-16(15-18(25)23-28)20(27)24-17(19(26)21-2)13-11-14-22-24/h16-17,22,28H,3-15H2,1-2H3,(H,21,26)(H,23,25)/t16-,17+/m1/s1. The van der Waals surface area contributed by atoms with Gasteiger partial charge in [-0.15, -0.1) is 0 Å². The zero-order valence-corrected chi connectivity index (χ0v) is 17.5. The van der Waals surface area contributed by atoms with E-state index >= 15 is 0 Å². The van der Waals surface area contributed by atoms with Crippen molar-refractivity contribution in [3.05, 3.63) is 0 Å². The van der Waals surface area contributed by atoms with E-state index in [0.717, 1.165) is 25.7 Å². The van der Waals surface area contributed by atoms with Crippen LogP contribution in [0, 0.1) is 5.92 Å². The maximum absolute atomic E-state index is 13.0. The number of hydrazine groups is 1. The summed E-state index contributed by atoms with van der Waals surface area (Å²) in [7, 11) is 1.55. The van der Waals surface area contributed by atoms with Crippen molar-refractivity contribution in [1.29, 1.82) is 0 Å². The highest BCUT2D eigenvalue weighted by Gasteiger charge is 2.35. The summed E-state index contributed by atoms with van der Waals surface area (Å²) >= 11 is 0. The Labute approximate surface area is 168 Å². The molecule has 8 nitrogen and oxygen atoms in total. The molecule has 0 radical (unpaired) electrons. The second kappa shape index (κ2) is 14.3. The van der Waals surface area contributed by atoms with Crippen molar-refractivity contribution in [2.75, 3.05) is 13.6 Å². The Morgan fingerprint density at radius 3 is 2.36 bits per heavy atom. The SMILES string of the molecule is CCCCCCCCCC[C@H](CC(=O)NO)C(=O)N1NCCC[C@H]1C(=O)NC. The van der Waals surface area contributed by atoms with E-state index in [9.17, 15) is 14.4 Å². The number of hydroxylamine groups is 1. The van der Waals surface area contributed by atoms with Crippen molar-refractivity contribution in [2.24, 2.45) is 5.92 Å². The summed E-state index contributed by atoms with van der Waals surface area (Å²) in [4.78, 5) is 36.9. The zero-order chi connectivity index (χ0) is 20.8. The molecule has 0 aromatic rings. The lowest BCUT2D eigenvalue weighted by atomic mass is 9.94. The largest absolute Gasteiger partial charge is 0.357 e. The predicted octanol–water partition coefficient (Wildman–Crippen LogP) is 2.27. The van der Waals surface area contributed by atoms with Crippen LogP contribution in [0.4, 0.5) is 0 Å². The number of hydrogen-bond donors (Lipinski definition) is 4. The van der Waals surface area contributed by atoms with Crippen molar-refractivity contribution in [3.8, 4) is 0 Å². The van der Waals surface area contributed by atoms with Gasteiger partial charge < -0.3 is 5.32 Å². The summed E-state index contributed by atoms with van der Waals surface area (Å²) in [6.07, 6.45) is 11.1. The first kappa shape index (κ1) is 24.4. The van der Waals surface area contributed by atoms with E-state index in [2.05, 4.69) is 17.7 Å². The quantitative estimate of drug-likeness (QED) is 0.216. The molecule has 1 heterocycles. The average Bonchev–Trinajstić information content (AvgIpc) is 2.73. The first-order chi connectivity index (χ1) is 13.5. The van der Waals surface area contributed by atoms with Gasteiger partial charge in [-0.3, -0.25) is 24.6 Å². The molecule has 28 heavy (non-hydrogen) atoms. The molecular weight excluding hydrogens is 360 g/mol. The van der Waals surface area contributed by atoms with Gasteiger partial charge in [0.25, 0.3) is 0 Å². The molecule has 0 aromatic carbocycles. The summed E-state index contributed by atoms with van der Waals surface area (Å²) in [5.74, 6) is -1.59. The minimum absolute atomic E-state index is 0.0789. The molecule has 0 aliphatic carbocycles. The fourth-order valence-corrected chi connectivity index (χ4v) is 3.68. The van der Waals surface area contributed by atoms with Gasteiger partial charge in [-0.2, -0.15) is 0 Å². The van der Waals surface area contributed by atoms with E-state index in [-0.39, 0.29) is 18.2 Å². The number of amides is 3. The van der Waals surface area contributed by atoms with Crippen molar-refractivity contribution >= 4 is 17.7 Å². The summed E-state index contributed by atoms with van der Waals surface area (Å²) in [5, 5.41) is 12.9. The second-order valence-electron chi connectivity index (χ2n) is 7.59. The molecule has 0 spiro atoms. The highest BCUT2D eigenvalue weighted by atomic mass is 16.5. The van der Waals surface area contributed by atoms with Crippen LogP contribution in [0.15, 0.2) is 0 Å². The van der Waals surface area contributed by atoms with Crippen LogP contribution in [0.3, 0.4) is 0 Å². The molecule has 0 unspecified atom stereocenters. The lowest BCUT2D eigenvalue weighted by Crippen LogP contribution is -2.59. The molecular formula is C20H38N4O4.